The highest BCUT2D eigenvalue weighted by Gasteiger charge is 2.60. The number of unbranched alkanes of at least 4 members (excludes halogenated alkanes) is 2. The van der Waals surface area contributed by atoms with Gasteiger partial charge in [0.1, 0.15) is 6.54 Å². The Morgan fingerprint density at radius 2 is 1.85 bits per heavy atom. The summed E-state index contributed by atoms with van der Waals surface area (Å²) in [5, 5.41) is 4.49. The summed E-state index contributed by atoms with van der Waals surface area (Å²) in [6.45, 7) is 11.7. The maximum Gasteiger partial charge on any atom is 0.333 e. The number of hydrogen-bond donors (Lipinski definition) is 1. The fraction of sp³-hybridized carbons (Fsp3) is 0.720. The molecule has 0 radical (unpaired) electrons. The third kappa shape index (κ3) is 3.82. The molecule has 0 aliphatic heterocycles. The molecular formula is C25H38N6O3. The van der Waals surface area contributed by atoms with Gasteiger partial charge in [0, 0.05) is 24.2 Å². The third-order valence-corrected chi connectivity index (χ3v) is 8.60. The van der Waals surface area contributed by atoms with Crippen molar-refractivity contribution in [3.05, 3.63) is 27.2 Å². The number of aryl methyl sites for hydroxylation is 2. The molecule has 9 heteroatoms. The maximum absolute atomic E-state index is 13.3. The van der Waals surface area contributed by atoms with Crippen LogP contribution in [0.1, 0.15) is 79.6 Å². The van der Waals surface area contributed by atoms with Gasteiger partial charge in [-0.2, -0.15) is 5.10 Å². The molecule has 9 nitrogen and oxygen atoms in total. The average molecular weight is 471 g/mol. The van der Waals surface area contributed by atoms with Crippen LogP contribution in [0.15, 0.2) is 21.0 Å². The van der Waals surface area contributed by atoms with Crippen LogP contribution in [-0.4, -0.2) is 30.3 Å². The van der Waals surface area contributed by atoms with Gasteiger partial charge in [0.2, 0.25) is 0 Å². The van der Waals surface area contributed by atoms with Crippen LogP contribution in [0.3, 0.4) is 0 Å². The number of nitrogens with one attached hydrogen (secondary N) is 1. The summed E-state index contributed by atoms with van der Waals surface area (Å²) in [4.78, 5) is 43.8. The van der Waals surface area contributed by atoms with Gasteiger partial charge in [-0.1, -0.05) is 47.5 Å². The van der Waals surface area contributed by atoms with Gasteiger partial charge in [0.15, 0.2) is 11.2 Å². The Labute approximate surface area is 200 Å². The zero-order valence-electron chi connectivity index (χ0n) is 21.2. The number of amides is 1. The molecule has 1 amide bonds. The van der Waals surface area contributed by atoms with Gasteiger partial charge < -0.3 is 4.57 Å². The van der Waals surface area contributed by atoms with Crippen molar-refractivity contribution in [2.45, 2.75) is 99.2 Å². The smallest absolute Gasteiger partial charge is 0.325 e. The van der Waals surface area contributed by atoms with E-state index in [0.717, 1.165) is 48.8 Å². The van der Waals surface area contributed by atoms with Gasteiger partial charge in [0.25, 0.3) is 11.5 Å². The molecular weight excluding hydrogens is 432 g/mol. The fourth-order valence-electron chi connectivity index (χ4n) is 5.80. The molecule has 2 aromatic heterocycles. The van der Waals surface area contributed by atoms with Gasteiger partial charge in [-0.15, -0.1) is 0 Å². The first-order valence-electron chi connectivity index (χ1n) is 12.7. The van der Waals surface area contributed by atoms with E-state index in [1.807, 2.05) is 6.92 Å². The van der Waals surface area contributed by atoms with E-state index in [0.29, 0.717) is 30.2 Å². The van der Waals surface area contributed by atoms with Gasteiger partial charge in [-0.3, -0.25) is 14.2 Å². The molecule has 186 valence electrons. The predicted octanol–water partition coefficient (Wildman–Crippen LogP) is 3.28. The van der Waals surface area contributed by atoms with E-state index in [4.69, 9.17) is 0 Å². The van der Waals surface area contributed by atoms with E-state index in [2.05, 4.69) is 43.2 Å². The van der Waals surface area contributed by atoms with Gasteiger partial charge in [0.05, 0.1) is 6.33 Å². The molecule has 2 unspecified atom stereocenters. The number of rotatable bonds is 9. The minimum absolute atomic E-state index is 0.0284. The lowest BCUT2D eigenvalue weighted by atomic mass is 9.70. The van der Waals surface area contributed by atoms with Crippen LogP contribution in [0, 0.1) is 16.7 Å². The Kier molecular flexibility index (Phi) is 6.57. The quantitative estimate of drug-likeness (QED) is 0.568. The van der Waals surface area contributed by atoms with E-state index in [1.165, 1.54) is 11.0 Å². The number of hydrazone groups is 1. The first kappa shape index (κ1) is 24.4. The Balaban J connectivity index is 1.64. The number of fused-ring (bicyclic) bond motifs is 3. The Morgan fingerprint density at radius 3 is 2.47 bits per heavy atom. The van der Waals surface area contributed by atoms with Crippen molar-refractivity contribution in [3.8, 4) is 0 Å². The Bertz CT molecular complexity index is 1230. The lowest BCUT2D eigenvalue weighted by molar-refractivity contribution is -0.121. The second kappa shape index (κ2) is 9.15. The first-order chi connectivity index (χ1) is 16.2. The second-order valence-corrected chi connectivity index (χ2v) is 10.7. The maximum atomic E-state index is 13.3. The van der Waals surface area contributed by atoms with Crippen LogP contribution in [0.2, 0.25) is 0 Å². The van der Waals surface area contributed by atoms with Crippen LogP contribution in [-0.2, 0) is 24.4 Å². The van der Waals surface area contributed by atoms with E-state index < -0.39 is 17.2 Å². The van der Waals surface area contributed by atoms with Crippen molar-refractivity contribution in [3.63, 3.8) is 0 Å². The molecule has 2 fully saturated rings. The Hall–Kier alpha value is -2.71. The van der Waals surface area contributed by atoms with Crippen LogP contribution in [0.25, 0.3) is 11.2 Å². The van der Waals surface area contributed by atoms with Crippen molar-refractivity contribution in [1.82, 2.24) is 24.1 Å². The molecule has 1 N–H and O–H groups in total. The summed E-state index contributed by atoms with van der Waals surface area (Å²) < 4.78 is 4.36. The lowest BCUT2D eigenvalue weighted by Gasteiger charge is -2.34. The molecule has 2 saturated carbocycles. The molecule has 0 saturated heterocycles. The molecule has 2 aliphatic carbocycles. The number of nitrogens with zero attached hydrogens (tertiary/aromatic N) is 5. The SMILES string of the molecule is CCCCn1cnc2c1c(=O)n(CC(=O)N/N=C1\CC3CCC1(C)C3(C)C)c(=O)n2CCCC. The molecule has 0 aromatic carbocycles. The number of imidazole rings is 1. The minimum Gasteiger partial charge on any atom is -0.325 e. The largest absolute Gasteiger partial charge is 0.333 e. The van der Waals surface area contributed by atoms with Crippen LogP contribution >= 0.6 is 0 Å². The van der Waals surface area contributed by atoms with Crippen LogP contribution < -0.4 is 16.7 Å². The molecule has 4 rings (SSSR count). The molecule has 2 atom stereocenters. The van der Waals surface area contributed by atoms with E-state index in [-0.39, 0.29) is 17.4 Å². The van der Waals surface area contributed by atoms with Gasteiger partial charge >= 0.3 is 5.69 Å². The first-order valence-corrected chi connectivity index (χ1v) is 12.7. The summed E-state index contributed by atoms with van der Waals surface area (Å²) in [5.41, 5.74) is 3.60. The average Bonchev–Trinajstić information content (AvgIpc) is 3.38. The van der Waals surface area contributed by atoms with Crippen molar-refractivity contribution in [2.24, 2.45) is 21.8 Å². The lowest BCUT2D eigenvalue weighted by Crippen LogP contribution is -2.44. The number of aromatic nitrogens is 4. The van der Waals surface area contributed by atoms with Crippen molar-refractivity contribution < 1.29 is 4.79 Å². The summed E-state index contributed by atoms with van der Waals surface area (Å²) in [6, 6.07) is 0. The zero-order valence-corrected chi connectivity index (χ0v) is 21.2. The molecule has 0 spiro atoms. The fourth-order valence-corrected chi connectivity index (χ4v) is 5.80. The summed E-state index contributed by atoms with van der Waals surface area (Å²) in [7, 11) is 0. The number of hydrogen-bond acceptors (Lipinski definition) is 5. The molecule has 2 aliphatic rings. The topological polar surface area (TPSA) is 103 Å². The van der Waals surface area contributed by atoms with E-state index in [9.17, 15) is 14.4 Å². The van der Waals surface area contributed by atoms with E-state index in [1.54, 1.807) is 10.9 Å². The summed E-state index contributed by atoms with van der Waals surface area (Å²) >= 11 is 0. The molecule has 2 bridgehead atoms. The molecule has 2 heterocycles. The standard InChI is InChI=1S/C25H38N6O3/c1-6-8-12-29-16-26-21-20(29)22(33)31(23(34)30(21)13-9-7-2)15-19(32)28-27-18-14-17-10-11-25(18,5)24(17,3)4/h16-17H,6-15H2,1-5H3,(H,28,32)/b27-18+. The normalized spacial score (nSPS) is 24.4. The highest BCUT2D eigenvalue weighted by molar-refractivity contribution is 5.95. The third-order valence-electron chi connectivity index (χ3n) is 8.60. The van der Waals surface area contributed by atoms with Crippen molar-refractivity contribution in [1.29, 1.82) is 0 Å². The minimum atomic E-state index is -0.498. The van der Waals surface area contributed by atoms with Crippen molar-refractivity contribution >= 4 is 22.8 Å². The Morgan fingerprint density at radius 1 is 1.15 bits per heavy atom. The highest BCUT2D eigenvalue weighted by atomic mass is 16.2. The number of carbonyl (C=O) groups is 1. The summed E-state index contributed by atoms with van der Waals surface area (Å²) in [5.74, 6) is 0.115. The van der Waals surface area contributed by atoms with Crippen LogP contribution in [0.4, 0.5) is 0 Å². The molecule has 2 aromatic rings. The predicted molar refractivity (Wildman–Crippen MR) is 133 cm³/mol. The molecule has 34 heavy (non-hydrogen) atoms. The highest BCUT2D eigenvalue weighted by Crippen LogP contribution is 2.63. The number of carbonyl (C=O) groups excluding carboxylic acids is 1. The zero-order chi connectivity index (χ0) is 24.7. The van der Waals surface area contributed by atoms with E-state index >= 15 is 0 Å². The van der Waals surface area contributed by atoms with Gasteiger partial charge in [-0.25, -0.2) is 19.8 Å². The monoisotopic (exact) mass is 470 g/mol. The van der Waals surface area contributed by atoms with Crippen LogP contribution in [0.5, 0.6) is 0 Å². The second-order valence-electron chi connectivity index (χ2n) is 10.7. The van der Waals surface area contributed by atoms with Gasteiger partial charge in [-0.05, 0) is 43.4 Å². The summed E-state index contributed by atoms with van der Waals surface area (Å²) in [6.07, 6.45) is 8.32. The van der Waals surface area contributed by atoms with Crippen molar-refractivity contribution in [2.75, 3.05) is 0 Å².